The van der Waals surface area contributed by atoms with Crippen LogP contribution in [-0.2, 0) is 4.65 Å². The maximum atomic E-state index is 9.62. The van der Waals surface area contributed by atoms with E-state index in [4.69, 9.17) is 0 Å². The van der Waals surface area contributed by atoms with Crippen LogP contribution in [-0.4, -0.2) is 13.9 Å². The average Bonchev–Trinajstić information content (AvgIpc) is 1.66. The number of unbranched alkanes of at least 4 members (excludes halogenated alkanes) is 1. The van der Waals surface area contributed by atoms with Gasteiger partial charge in [0.25, 0.3) is 0 Å². The van der Waals surface area contributed by atoms with E-state index in [2.05, 4.69) is 4.65 Å². The minimum absolute atomic E-state index is 0. The van der Waals surface area contributed by atoms with Crippen molar-refractivity contribution in [3.63, 3.8) is 0 Å². The SMILES string of the molecule is CCCCOB([O-])[O-].[K+].[K+]. The molecule has 0 aromatic carbocycles. The van der Waals surface area contributed by atoms with Crippen molar-refractivity contribution in [3.05, 3.63) is 0 Å². The van der Waals surface area contributed by atoms with E-state index >= 15 is 0 Å². The molecule has 0 amide bonds. The molecule has 0 spiro atoms. The molecule has 0 heterocycles. The molecule has 48 valence electrons. The third-order valence-electron chi connectivity index (χ3n) is 0.752. The van der Waals surface area contributed by atoms with Crippen molar-refractivity contribution in [1.29, 1.82) is 0 Å². The van der Waals surface area contributed by atoms with E-state index in [1.807, 2.05) is 6.92 Å². The van der Waals surface area contributed by atoms with Gasteiger partial charge < -0.3 is 14.7 Å². The van der Waals surface area contributed by atoms with Gasteiger partial charge in [-0.05, 0) is 6.42 Å². The van der Waals surface area contributed by atoms with E-state index in [1.54, 1.807) is 0 Å². The van der Waals surface area contributed by atoms with Gasteiger partial charge in [-0.3, -0.25) is 0 Å². The minimum Gasteiger partial charge on any atom is -0.871 e. The van der Waals surface area contributed by atoms with Gasteiger partial charge in [-0.25, -0.2) is 0 Å². The van der Waals surface area contributed by atoms with Gasteiger partial charge in [-0.1, -0.05) is 13.3 Å². The predicted molar refractivity (Wildman–Crippen MR) is 26.6 cm³/mol. The Balaban J connectivity index is -0.000000245. The van der Waals surface area contributed by atoms with Crippen LogP contribution >= 0.6 is 0 Å². The second-order valence-electron chi connectivity index (χ2n) is 1.51. The molecule has 0 fully saturated rings. The zero-order chi connectivity index (χ0) is 6.41. The van der Waals surface area contributed by atoms with Gasteiger partial charge in [-0.2, -0.15) is 0 Å². The first-order chi connectivity index (χ1) is 3.77. The van der Waals surface area contributed by atoms with Gasteiger partial charge in [0.2, 0.25) is 0 Å². The van der Waals surface area contributed by atoms with E-state index in [0.29, 0.717) is 6.61 Å². The molecule has 0 atom stereocenters. The maximum absolute atomic E-state index is 9.62. The second kappa shape index (κ2) is 14.7. The molecule has 0 aliphatic carbocycles. The zero-order valence-electron chi connectivity index (χ0n) is 6.92. The Morgan fingerprint density at radius 3 is 2.10 bits per heavy atom. The first kappa shape index (κ1) is 18.9. The molecular formula is C4H9BK2O3. The minimum atomic E-state index is -2.10. The molecule has 10 heavy (non-hydrogen) atoms. The summed E-state index contributed by atoms with van der Waals surface area (Å²) in [5.41, 5.74) is 0. The third-order valence-corrected chi connectivity index (χ3v) is 0.752. The monoisotopic (exact) mass is 194 g/mol. The zero-order valence-corrected chi connectivity index (χ0v) is 13.2. The molecule has 6 heteroatoms. The molecule has 0 aliphatic heterocycles. The largest absolute Gasteiger partial charge is 1.00 e. The van der Waals surface area contributed by atoms with Crippen molar-refractivity contribution in [2.24, 2.45) is 0 Å². The fraction of sp³-hybridized carbons (Fsp3) is 1.00. The van der Waals surface area contributed by atoms with Crippen molar-refractivity contribution < 1.29 is 117 Å². The number of hydrogen-bond donors (Lipinski definition) is 0. The average molecular weight is 194 g/mol. The second-order valence-corrected chi connectivity index (χ2v) is 1.51. The summed E-state index contributed by atoms with van der Waals surface area (Å²) in [5, 5.41) is 19.2. The topological polar surface area (TPSA) is 55.3 Å². The molecule has 0 aliphatic rings. The van der Waals surface area contributed by atoms with E-state index in [-0.39, 0.29) is 103 Å². The Hall–Kier alpha value is 3.22. The summed E-state index contributed by atoms with van der Waals surface area (Å²) >= 11 is 0. The van der Waals surface area contributed by atoms with Gasteiger partial charge in [0, 0.05) is 6.61 Å². The Labute approximate surface area is 147 Å². The van der Waals surface area contributed by atoms with Crippen LogP contribution in [0.1, 0.15) is 19.8 Å². The van der Waals surface area contributed by atoms with Crippen LogP contribution in [0.15, 0.2) is 0 Å². The molecule has 3 nitrogen and oxygen atoms in total. The van der Waals surface area contributed by atoms with Gasteiger partial charge in [0.1, 0.15) is 0 Å². The normalized spacial score (nSPS) is 7.50. The molecule has 0 saturated heterocycles. The van der Waals surface area contributed by atoms with Gasteiger partial charge in [0.05, 0.1) is 7.32 Å². The van der Waals surface area contributed by atoms with Crippen LogP contribution in [0.3, 0.4) is 0 Å². The maximum Gasteiger partial charge on any atom is 1.00 e. The van der Waals surface area contributed by atoms with Crippen LogP contribution in [0, 0.1) is 0 Å². The summed E-state index contributed by atoms with van der Waals surface area (Å²) in [5.74, 6) is 0. The molecule has 0 saturated carbocycles. The van der Waals surface area contributed by atoms with Crippen LogP contribution in [0.25, 0.3) is 0 Å². The van der Waals surface area contributed by atoms with E-state index in [1.165, 1.54) is 0 Å². The molecule has 0 rings (SSSR count). The molecule has 0 aromatic heterocycles. The van der Waals surface area contributed by atoms with Crippen LogP contribution in [0.5, 0.6) is 0 Å². The summed E-state index contributed by atoms with van der Waals surface area (Å²) in [7, 11) is -2.10. The van der Waals surface area contributed by atoms with Crippen LogP contribution in [0.2, 0.25) is 0 Å². The molecular weight excluding hydrogens is 185 g/mol. The fourth-order valence-electron chi connectivity index (χ4n) is 0.324. The first-order valence-corrected chi connectivity index (χ1v) is 2.70. The van der Waals surface area contributed by atoms with Gasteiger partial charge >= 0.3 is 103 Å². The van der Waals surface area contributed by atoms with Crippen molar-refractivity contribution in [2.75, 3.05) is 6.61 Å². The van der Waals surface area contributed by atoms with E-state index in [0.717, 1.165) is 12.8 Å². The molecule has 0 unspecified atom stereocenters. The Morgan fingerprint density at radius 1 is 1.30 bits per heavy atom. The third kappa shape index (κ3) is 17.3. The quantitative estimate of drug-likeness (QED) is 0.330. The number of hydrogen-bond acceptors (Lipinski definition) is 3. The van der Waals surface area contributed by atoms with Gasteiger partial charge in [-0.15, -0.1) is 0 Å². The van der Waals surface area contributed by atoms with Crippen LogP contribution < -0.4 is 113 Å². The predicted octanol–water partition coefficient (Wildman–Crippen LogP) is -7.48. The van der Waals surface area contributed by atoms with Crippen molar-refractivity contribution in [3.8, 4) is 0 Å². The first-order valence-electron chi connectivity index (χ1n) is 2.70. The molecule has 0 aromatic rings. The molecule has 0 N–H and O–H groups in total. The molecule has 0 bridgehead atoms. The molecule has 0 radical (unpaired) electrons. The summed E-state index contributed by atoms with van der Waals surface area (Å²) in [6.07, 6.45) is 1.74. The summed E-state index contributed by atoms with van der Waals surface area (Å²) in [4.78, 5) is 0. The summed E-state index contributed by atoms with van der Waals surface area (Å²) < 4.78 is 4.17. The fourth-order valence-corrected chi connectivity index (χ4v) is 0.324. The summed E-state index contributed by atoms with van der Waals surface area (Å²) in [6, 6.07) is 0. The Bertz CT molecular complexity index is 55.8. The Kier molecular flexibility index (Phi) is 27.8. The van der Waals surface area contributed by atoms with Crippen molar-refractivity contribution >= 4 is 7.32 Å². The number of rotatable bonds is 4. The summed E-state index contributed by atoms with van der Waals surface area (Å²) in [6.45, 7) is 2.27. The van der Waals surface area contributed by atoms with Crippen LogP contribution in [0.4, 0.5) is 0 Å². The van der Waals surface area contributed by atoms with Crippen molar-refractivity contribution in [2.45, 2.75) is 19.8 Å². The van der Waals surface area contributed by atoms with E-state index in [9.17, 15) is 10.0 Å². The Morgan fingerprint density at radius 2 is 1.80 bits per heavy atom. The van der Waals surface area contributed by atoms with Crippen molar-refractivity contribution in [1.82, 2.24) is 0 Å². The standard InChI is InChI=1S/C4H9BO3.2K/c1-2-3-4-8-5(6)7;;/h2-4H2,1H3;;/q-2;2*+1. The smallest absolute Gasteiger partial charge is 0.871 e. The van der Waals surface area contributed by atoms with Gasteiger partial charge in [0.15, 0.2) is 0 Å². The van der Waals surface area contributed by atoms with E-state index < -0.39 is 7.32 Å².